The highest BCUT2D eigenvalue weighted by Gasteiger charge is 2.37. The lowest BCUT2D eigenvalue weighted by atomic mass is 10.0. The van der Waals surface area contributed by atoms with Crippen LogP contribution >= 0.6 is 22.9 Å². The van der Waals surface area contributed by atoms with Crippen LogP contribution in [-0.4, -0.2) is 48.9 Å². The van der Waals surface area contributed by atoms with E-state index in [0.717, 1.165) is 17.7 Å². The molecule has 8 nitrogen and oxygen atoms in total. The van der Waals surface area contributed by atoms with Crippen LogP contribution in [0.25, 0.3) is 10.6 Å². The van der Waals surface area contributed by atoms with Crippen LogP contribution in [-0.2, 0) is 6.54 Å². The van der Waals surface area contributed by atoms with Crippen LogP contribution in [0.2, 0.25) is 4.34 Å². The van der Waals surface area contributed by atoms with Crippen LogP contribution in [0.3, 0.4) is 0 Å². The van der Waals surface area contributed by atoms with Crippen molar-refractivity contribution in [1.29, 1.82) is 0 Å². The van der Waals surface area contributed by atoms with E-state index in [9.17, 15) is 14.7 Å². The number of hydrogen-bond acceptors (Lipinski definition) is 6. The monoisotopic (exact) mass is 434 g/mol. The van der Waals surface area contributed by atoms with Crippen molar-refractivity contribution in [3.05, 3.63) is 45.7 Å². The molecule has 1 saturated heterocycles. The van der Waals surface area contributed by atoms with Crippen molar-refractivity contribution in [1.82, 2.24) is 19.8 Å². The molecule has 0 aromatic carbocycles. The van der Waals surface area contributed by atoms with Crippen LogP contribution < -0.4 is 0 Å². The molecule has 0 unspecified atom stereocenters. The zero-order valence-electron chi connectivity index (χ0n) is 15.9. The van der Waals surface area contributed by atoms with E-state index in [-0.39, 0.29) is 29.4 Å². The van der Waals surface area contributed by atoms with Gasteiger partial charge in [-0.1, -0.05) is 16.8 Å². The SMILES string of the molecule is CC1(C)CCCN1C(=O)c1cc(C(=O)O)n(Cc2cc(-c3ccc(Cl)s3)on2)n1. The Bertz CT molecular complexity index is 1080. The number of carboxylic acid groups (broad SMARTS) is 1. The minimum absolute atomic E-state index is 0.0704. The number of halogens is 1. The van der Waals surface area contributed by atoms with E-state index in [1.165, 1.54) is 22.1 Å². The number of hydrogen-bond donors (Lipinski definition) is 1. The summed E-state index contributed by atoms with van der Waals surface area (Å²) in [7, 11) is 0. The van der Waals surface area contributed by atoms with Gasteiger partial charge in [0.2, 0.25) is 0 Å². The Morgan fingerprint density at radius 1 is 1.34 bits per heavy atom. The molecule has 1 aliphatic heterocycles. The highest BCUT2D eigenvalue weighted by Crippen LogP contribution is 2.32. The van der Waals surface area contributed by atoms with Crippen LogP contribution in [0.1, 0.15) is 53.4 Å². The normalized spacial score (nSPS) is 15.8. The van der Waals surface area contributed by atoms with Crippen LogP contribution in [0.5, 0.6) is 0 Å². The van der Waals surface area contributed by atoms with E-state index in [2.05, 4.69) is 10.3 Å². The number of carbonyl (C=O) groups excluding carboxylic acids is 1. The average molecular weight is 435 g/mol. The molecular weight excluding hydrogens is 416 g/mol. The van der Waals surface area contributed by atoms with Crippen molar-refractivity contribution in [3.63, 3.8) is 0 Å². The summed E-state index contributed by atoms with van der Waals surface area (Å²) in [5.41, 5.74) is 0.267. The maximum absolute atomic E-state index is 12.9. The van der Waals surface area contributed by atoms with Crippen molar-refractivity contribution in [2.24, 2.45) is 0 Å². The Kier molecular flexibility index (Phi) is 4.95. The van der Waals surface area contributed by atoms with E-state index < -0.39 is 5.97 Å². The van der Waals surface area contributed by atoms with Gasteiger partial charge in [0.15, 0.2) is 11.5 Å². The molecular formula is C19H19ClN4O4S. The van der Waals surface area contributed by atoms with Crippen LogP contribution in [0.15, 0.2) is 28.8 Å². The fraction of sp³-hybridized carbons (Fsp3) is 0.368. The Morgan fingerprint density at radius 3 is 2.76 bits per heavy atom. The molecule has 10 heteroatoms. The first kappa shape index (κ1) is 19.7. The second-order valence-corrected chi connectivity index (χ2v) is 9.25. The molecule has 3 aromatic heterocycles. The molecule has 4 rings (SSSR count). The first-order chi connectivity index (χ1) is 13.7. The minimum atomic E-state index is -1.16. The molecule has 29 heavy (non-hydrogen) atoms. The summed E-state index contributed by atoms with van der Waals surface area (Å²) in [6, 6.07) is 6.61. The molecule has 0 aliphatic carbocycles. The Morgan fingerprint density at radius 2 is 2.14 bits per heavy atom. The lowest BCUT2D eigenvalue weighted by Gasteiger charge is -2.30. The van der Waals surface area contributed by atoms with Gasteiger partial charge in [-0.25, -0.2) is 4.79 Å². The van der Waals surface area contributed by atoms with Gasteiger partial charge in [-0.3, -0.25) is 9.48 Å². The number of carboxylic acids is 1. The lowest BCUT2D eigenvalue weighted by molar-refractivity contribution is 0.0643. The molecule has 0 bridgehead atoms. The predicted molar refractivity (Wildman–Crippen MR) is 107 cm³/mol. The summed E-state index contributed by atoms with van der Waals surface area (Å²) >= 11 is 7.31. The minimum Gasteiger partial charge on any atom is -0.477 e. The third-order valence-corrected chi connectivity index (χ3v) is 6.30. The number of aromatic carboxylic acids is 1. The van der Waals surface area contributed by atoms with Gasteiger partial charge in [0.1, 0.15) is 11.4 Å². The number of nitrogens with zero attached hydrogens (tertiary/aromatic N) is 4. The quantitative estimate of drug-likeness (QED) is 0.650. The second kappa shape index (κ2) is 7.31. The average Bonchev–Trinajstić information content (AvgIpc) is 3.41. The van der Waals surface area contributed by atoms with Crippen molar-refractivity contribution < 1.29 is 19.2 Å². The largest absolute Gasteiger partial charge is 0.477 e. The van der Waals surface area contributed by atoms with E-state index in [1.54, 1.807) is 17.0 Å². The van der Waals surface area contributed by atoms with Gasteiger partial charge in [-0.05, 0) is 38.8 Å². The first-order valence-corrected chi connectivity index (χ1v) is 10.3. The molecule has 0 spiro atoms. The van der Waals surface area contributed by atoms with Gasteiger partial charge in [0, 0.05) is 24.2 Å². The molecule has 4 heterocycles. The van der Waals surface area contributed by atoms with Gasteiger partial charge in [-0.15, -0.1) is 11.3 Å². The third-order valence-electron chi connectivity index (χ3n) is 5.05. The maximum Gasteiger partial charge on any atom is 0.354 e. The Hall–Kier alpha value is -2.65. The van der Waals surface area contributed by atoms with Crippen molar-refractivity contribution in [2.75, 3.05) is 6.54 Å². The van der Waals surface area contributed by atoms with E-state index >= 15 is 0 Å². The van der Waals surface area contributed by atoms with E-state index in [0.29, 0.717) is 22.3 Å². The number of rotatable bonds is 5. The second-order valence-electron chi connectivity index (χ2n) is 7.54. The Balaban J connectivity index is 1.60. The highest BCUT2D eigenvalue weighted by molar-refractivity contribution is 7.19. The van der Waals surface area contributed by atoms with Gasteiger partial charge in [0.05, 0.1) is 15.8 Å². The summed E-state index contributed by atoms with van der Waals surface area (Å²) in [5, 5.41) is 17.8. The maximum atomic E-state index is 12.9. The van der Waals surface area contributed by atoms with Crippen LogP contribution in [0.4, 0.5) is 0 Å². The van der Waals surface area contributed by atoms with Gasteiger partial charge >= 0.3 is 5.97 Å². The van der Waals surface area contributed by atoms with Gasteiger partial charge in [-0.2, -0.15) is 5.10 Å². The predicted octanol–water partition coefficient (Wildman–Crippen LogP) is 4.01. The summed E-state index contributed by atoms with van der Waals surface area (Å²) in [4.78, 5) is 27.2. The van der Waals surface area contributed by atoms with Crippen LogP contribution in [0, 0.1) is 0 Å². The van der Waals surface area contributed by atoms with E-state index in [4.69, 9.17) is 16.1 Å². The molecule has 0 saturated carbocycles. The van der Waals surface area contributed by atoms with Crippen molar-refractivity contribution in [2.45, 2.75) is 38.8 Å². The number of aromatic nitrogens is 3. The summed E-state index contributed by atoms with van der Waals surface area (Å²) in [5.74, 6) is -0.884. The number of likely N-dealkylation sites (tertiary alicyclic amines) is 1. The fourth-order valence-corrected chi connectivity index (χ4v) is 4.53. The number of thiophene rings is 1. The lowest BCUT2D eigenvalue weighted by Crippen LogP contribution is -2.42. The van der Waals surface area contributed by atoms with Crippen molar-refractivity contribution >= 4 is 34.8 Å². The smallest absolute Gasteiger partial charge is 0.354 e. The summed E-state index contributed by atoms with van der Waals surface area (Å²) in [6.07, 6.45) is 1.82. The number of carbonyl (C=O) groups is 2. The summed E-state index contributed by atoms with van der Waals surface area (Å²) < 4.78 is 7.23. The highest BCUT2D eigenvalue weighted by atomic mass is 35.5. The van der Waals surface area contributed by atoms with Gasteiger partial charge in [0.25, 0.3) is 5.91 Å². The third kappa shape index (κ3) is 3.79. The first-order valence-electron chi connectivity index (χ1n) is 9.09. The fourth-order valence-electron chi connectivity index (χ4n) is 3.54. The Labute approximate surface area is 175 Å². The molecule has 1 N–H and O–H groups in total. The molecule has 3 aromatic rings. The van der Waals surface area contributed by atoms with Crippen molar-refractivity contribution in [3.8, 4) is 10.6 Å². The van der Waals surface area contributed by atoms with Gasteiger partial charge < -0.3 is 14.5 Å². The standard InChI is InChI=1S/C19H19ClN4O4S/c1-19(2)6-3-7-23(19)17(25)12-9-13(18(26)27)24(21-12)10-11-8-14(28-22-11)15-4-5-16(20)29-15/h4-5,8-9H,3,6-7,10H2,1-2H3,(H,26,27). The molecule has 0 atom stereocenters. The molecule has 0 radical (unpaired) electrons. The molecule has 1 fully saturated rings. The summed E-state index contributed by atoms with van der Waals surface area (Å²) in [6.45, 7) is 4.71. The molecule has 1 amide bonds. The number of amides is 1. The topological polar surface area (TPSA) is 101 Å². The zero-order chi connectivity index (χ0) is 20.8. The van der Waals surface area contributed by atoms with E-state index in [1.807, 2.05) is 19.9 Å². The molecule has 1 aliphatic rings. The molecule has 152 valence electrons. The zero-order valence-corrected chi connectivity index (χ0v) is 17.5.